The topological polar surface area (TPSA) is 78.9 Å². The average molecular weight is 285 g/mol. The fraction of sp³-hybridized carbons (Fsp3) is 0.333. The highest BCUT2D eigenvalue weighted by atomic mass is 35.5. The number of amides is 2. The van der Waals surface area contributed by atoms with Gasteiger partial charge in [-0.2, -0.15) is 0 Å². The highest BCUT2D eigenvalue weighted by Crippen LogP contribution is 2.27. The summed E-state index contributed by atoms with van der Waals surface area (Å²) in [4.78, 5) is 23.8. The number of anilines is 1. The molecule has 0 bridgehead atoms. The van der Waals surface area contributed by atoms with Crippen molar-refractivity contribution in [1.29, 1.82) is 0 Å². The Kier molecular flexibility index (Phi) is 3.80. The van der Waals surface area contributed by atoms with Gasteiger partial charge in [-0.1, -0.05) is 11.6 Å². The summed E-state index contributed by atoms with van der Waals surface area (Å²) in [5, 5.41) is 11.8. The van der Waals surface area contributed by atoms with Crippen LogP contribution in [0.1, 0.15) is 0 Å². The first-order valence-electron chi connectivity index (χ1n) is 5.63. The summed E-state index contributed by atoms with van der Waals surface area (Å²) in [5.74, 6) is -0.823. The number of nitrogens with one attached hydrogen (secondary N) is 1. The third-order valence-electron chi connectivity index (χ3n) is 2.92. The van der Waals surface area contributed by atoms with Crippen molar-refractivity contribution in [2.75, 3.05) is 25.5 Å². The molecule has 6 nitrogen and oxygen atoms in total. The molecule has 7 heteroatoms. The van der Waals surface area contributed by atoms with Crippen molar-refractivity contribution in [3.8, 4) is 5.75 Å². The predicted molar refractivity (Wildman–Crippen MR) is 69.7 cm³/mol. The van der Waals surface area contributed by atoms with Gasteiger partial charge < -0.3 is 20.1 Å². The lowest BCUT2D eigenvalue weighted by Gasteiger charge is -2.36. The van der Waals surface area contributed by atoms with Crippen molar-refractivity contribution in [2.45, 2.75) is 0 Å². The lowest BCUT2D eigenvalue weighted by atomic mass is 10.0. The van der Waals surface area contributed by atoms with Gasteiger partial charge in [0, 0.05) is 18.8 Å². The highest BCUT2D eigenvalue weighted by Gasteiger charge is 2.35. The summed E-state index contributed by atoms with van der Waals surface area (Å²) >= 11 is 5.94. The first-order valence-corrected chi connectivity index (χ1v) is 6.01. The number of methoxy groups -OCH3 is 1. The number of hydrogen-bond acceptors (Lipinski definition) is 3. The Bertz CT molecular complexity index is 514. The zero-order chi connectivity index (χ0) is 14.0. The molecule has 0 radical (unpaired) electrons. The molecule has 1 aromatic rings. The molecule has 2 N–H and O–H groups in total. The van der Waals surface area contributed by atoms with Crippen LogP contribution in [0.3, 0.4) is 0 Å². The second kappa shape index (κ2) is 5.36. The number of ether oxygens (including phenoxy) is 1. The van der Waals surface area contributed by atoms with Gasteiger partial charge in [0.1, 0.15) is 5.75 Å². The first-order chi connectivity index (χ1) is 9.01. The number of rotatable bonds is 3. The summed E-state index contributed by atoms with van der Waals surface area (Å²) < 4.78 is 5.00. The van der Waals surface area contributed by atoms with E-state index in [0.717, 1.165) is 0 Å². The van der Waals surface area contributed by atoms with Crippen molar-refractivity contribution >= 4 is 29.3 Å². The van der Waals surface area contributed by atoms with Crippen molar-refractivity contribution in [3.05, 3.63) is 23.2 Å². The van der Waals surface area contributed by atoms with E-state index in [0.29, 0.717) is 16.5 Å². The molecular weight excluding hydrogens is 272 g/mol. The van der Waals surface area contributed by atoms with Crippen LogP contribution in [-0.2, 0) is 4.79 Å². The minimum atomic E-state index is -0.878. The van der Waals surface area contributed by atoms with E-state index in [4.69, 9.17) is 21.4 Å². The maximum atomic E-state index is 11.8. The molecule has 2 rings (SSSR count). The number of aliphatic carboxylic acids is 1. The SMILES string of the molecule is COc1ccc(NC(=O)N2CC(C(=O)O)C2)cc1Cl. The molecule has 0 aromatic heterocycles. The first kappa shape index (κ1) is 13.5. The Morgan fingerprint density at radius 1 is 1.47 bits per heavy atom. The van der Waals surface area contributed by atoms with E-state index in [1.54, 1.807) is 18.2 Å². The molecule has 2 amide bonds. The van der Waals surface area contributed by atoms with Gasteiger partial charge in [-0.25, -0.2) is 4.79 Å². The maximum Gasteiger partial charge on any atom is 0.321 e. The Morgan fingerprint density at radius 3 is 2.68 bits per heavy atom. The van der Waals surface area contributed by atoms with Gasteiger partial charge in [0.05, 0.1) is 18.1 Å². The number of carbonyl (C=O) groups excluding carboxylic acids is 1. The van der Waals surface area contributed by atoms with Crippen LogP contribution in [0.15, 0.2) is 18.2 Å². The van der Waals surface area contributed by atoms with E-state index in [-0.39, 0.29) is 19.1 Å². The standard InChI is InChI=1S/C12H13ClN2O4/c1-19-10-3-2-8(4-9(10)13)14-12(18)15-5-7(6-15)11(16)17/h2-4,7H,5-6H2,1H3,(H,14,18)(H,16,17). The number of carboxylic acid groups (broad SMARTS) is 1. The minimum Gasteiger partial charge on any atom is -0.495 e. The zero-order valence-electron chi connectivity index (χ0n) is 10.2. The number of benzene rings is 1. The summed E-state index contributed by atoms with van der Waals surface area (Å²) in [6.07, 6.45) is 0. The van der Waals surface area contributed by atoms with Gasteiger partial charge in [0.25, 0.3) is 0 Å². The monoisotopic (exact) mass is 284 g/mol. The van der Waals surface area contributed by atoms with Crippen LogP contribution >= 0.6 is 11.6 Å². The molecule has 1 heterocycles. The molecule has 102 valence electrons. The van der Waals surface area contributed by atoms with Crippen LogP contribution in [-0.4, -0.2) is 42.2 Å². The predicted octanol–water partition coefficient (Wildman–Crippen LogP) is 1.90. The van der Waals surface area contributed by atoms with Gasteiger partial charge in [-0.15, -0.1) is 0 Å². The van der Waals surface area contributed by atoms with Crippen molar-refractivity contribution in [3.63, 3.8) is 0 Å². The van der Waals surface area contributed by atoms with E-state index >= 15 is 0 Å². The van der Waals surface area contributed by atoms with Gasteiger partial charge >= 0.3 is 12.0 Å². The number of likely N-dealkylation sites (tertiary alicyclic amines) is 1. The maximum absolute atomic E-state index is 11.8. The third kappa shape index (κ3) is 2.90. The second-order valence-electron chi connectivity index (χ2n) is 4.22. The molecule has 1 aromatic carbocycles. The molecule has 1 fully saturated rings. The number of urea groups is 1. The van der Waals surface area contributed by atoms with E-state index < -0.39 is 11.9 Å². The van der Waals surface area contributed by atoms with Gasteiger partial charge in [0.15, 0.2) is 0 Å². The largest absolute Gasteiger partial charge is 0.495 e. The Hall–Kier alpha value is -1.95. The molecule has 0 saturated carbocycles. The highest BCUT2D eigenvalue weighted by molar-refractivity contribution is 6.32. The molecule has 0 unspecified atom stereocenters. The lowest BCUT2D eigenvalue weighted by Crippen LogP contribution is -2.54. The van der Waals surface area contributed by atoms with Crippen molar-refractivity contribution in [1.82, 2.24) is 4.90 Å². The van der Waals surface area contributed by atoms with Crippen molar-refractivity contribution < 1.29 is 19.4 Å². The van der Waals surface area contributed by atoms with Crippen LogP contribution in [0.2, 0.25) is 5.02 Å². The number of carbonyl (C=O) groups is 2. The van der Waals surface area contributed by atoms with Crippen molar-refractivity contribution in [2.24, 2.45) is 5.92 Å². The van der Waals surface area contributed by atoms with Crippen LogP contribution in [0.4, 0.5) is 10.5 Å². The summed E-state index contributed by atoms with van der Waals surface area (Å²) in [5.41, 5.74) is 0.537. The number of nitrogens with zero attached hydrogens (tertiary/aromatic N) is 1. The third-order valence-corrected chi connectivity index (χ3v) is 3.22. The Labute approximate surface area is 114 Å². The smallest absolute Gasteiger partial charge is 0.321 e. The summed E-state index contributed by atoms with van der Waals surface area (Å²) in [7, 11) is 1.51. The molecule has 1 saturated heterocycles. The molecule has 19 heavy (non-hydrogen) atoms. The quantitative estimate of drug-likeness (QED) is 0.888. The van der Waals surface area contributed by atoms with Crippen LogP contribution in [0.25, 0.3) is 0 Å². The number of halogens is 1. The summed E-state index contributed by atoms with van der Waals surface area (Å²) in [6, 6.07) is 4.55. The van der Waals surface area contributed by atoms with Crippen LogP contribution in [0, 0.1) is 5.92 Å². The second-order valence-corrected chi connectivity index (χ2v) is 4.63. The van der Waals surface area contributed by atoms with Crippen LogP contribution < -0.4 is 10.1 Å². The fourth-order valence-corrected chi connectivity index (χ4v) is 2.00. The number of carboxylic acids is 1. The van der Waals surface area contributed by atoms with E-state index in [1.807, 2.05) is 0 Å². The molecular formula is C12H13ClN2O4. The minimum absolute atomic E-state index is 0.227. The average Bonchev–Trinajstić information content (AvgIpc) is 2.26. The molecule has 1 aliphatic rings. The van der Waals surface area contributed by atoms with E-state index in [9.17, 15) is 9.59 Å². The number of hydrogen-bond donors (Lipinski definition) is 2. The molecule has 0 aliphatic carbocycles. The van der Waals surface area contributed by atoms with Gasteiger partial charge in [-0.05, 0) is 18.2 Å². The van der Waals surface area contributed by atoms with E-state index in [2.05, 4.69) is 5.32 Å². The Balaban J connectivity index is 1.93. The molecule has 0 spiro atoms. The molecule has 1 aliphatic heterocycles. The van der Waals surface area contributed by atoms with Gasteiger partial charge in [-0.3, -0.25) is 4.79 Å². The normalized spacial score (nSPS) is 14.7. The van der Waals surface area contributed by atoms with Crippen LogP contribution in [0.5, 0.6) is 5.75 Å². The fourth-order valence-electron chi connectivity index (χ4n) is 1.75. The zero-order valence-corrected chi connectivity index (χ0v) is 11.0. The Morgan fingerprint density at radius 2 is 2.16 bits per heavy atom. The summed E-state index contributed by atoms with van der Waals surface area (Å²) in [6.45, 7) is 0.454. The van der Waals surface area contributed by atoms with E-state index in [1.165, 1.54) is 12.0 Å². The van der Waals surface area contributed by atoms with Gasteiger partial charge in [0.2, 0.25) is 0 Å². The molecule has 0 atom stereocenters. The lowest BCUT2D eigenvalue weighted by molar-refractivity contribution is -0.145.